The van der Waals surface area contributed by atoms with Gasteiger partial charge in [-0.05, 0) is 18.6 Å². The molecule has 10 heteroatoms. The maximum atomic E-state index is 12.6. The average Bonchev–Trinajstić information content (AvgIpc) is 3.14. The van der Waals surface area contributed by atoms with E-state index in [9.17, 15) is 13.2 Å². The Morgan fingerprint density at radius 2 is 1.86 bits per heavy atom. The van der Waals surface area contributed by atoms with Crippen molar-refractivity contribution in [2.45, 2.75) is 31.0 Å². The molecule has 0 atom stereocenters. The summed E-state index contributed by atoms with van der Waals surface area (Å²) in [6.07, 6.45) is 1.28. The van der Waals surface area contributed by atoms with Crippen LogP contribution in [0.25, 0.3) is 10.2 Å². The first-order valence-corrected chi connectivity index (χ1v) is 13.2. The third kappa shape index (κ3) is 5.49. The highest BCUT2D eigenvalue weighted by Gasteiger charge is 2.31. The van der Waals surface area contributed by atoms with Crippen LogP contribution in [0.5, 0.6) is 0 Å². The standard InChI is InChI=1S/C19H28N4O3S3/c1-3-22(4-2)29(25,26)23-13-11-21(12-14-23)18(24)10-7-15-27-19-20-16-8-5-6-9-17(16)28-19/h5-6,8-9H,3-4,7,10-15H2,1-2H3. The Labute approximate surface area is 181 Å². The lowest BCUT2D eigenvalue weighted by molar-refractivity contribution is -0.132. The summed E-state index contributed by atoms with van der Waals surface area (Å²) in [6, 6.07) is 8.09. The Hall–Kier alpha value is -1.20. The monoisotopic (exact) mass is 456 g/mol. The van der Waals surface area contributed by atoms with Crippen molar-refractivity contribution in [2.75, 3.05) is 45.0 Å². The summed E-state index contributed by atoms with van der Waals surface area (Å²) in [5.41, 5.74) is 1.02. The zero-order valence-electron chi connectivity index (χ0n) is 16.9. The lowest BCUT2D eigenvalue weighted by atomic mass is 10.2. The summed E-state index contributed by atoms with van der Waals surface area (Å²) in [5.74, 6) is 0.955. The number of carbonyl (C=O) groups excluding carboxylic acids is 1. The van der Waals surface area contributed by atoms with Crippen LogP contribution < -0.4 is 0 Å². The van der Waals surface area contributed by atoms with E-state index < -0.39 is 10.2 Å². The van der Waals surface area contributed by atoms with Gasteiger partial charge in [-0.1, -0.05) is 37.7 Å². The molecule has 0 bridgehead atoms. The first kappa shape index (κ1) is 22.5. The van der Waals surface area contributed by atoms with Crippen LogP contribution in [0, 0.1) is 0 Å². The summed E-state index contributed by atoms with van der Waals surface area (Å²) < 4.78 is 30.3. The molecule has 0 N–H and O–H groups in total. The number of benzene rings is 1. The first-order chi connectivity index (χ1) is 14.0. The Morgan fingerprint density at radius 3 is 2.52 bits per heavy atom. The fraction of sp³-hybridized carbons (Fsp3) is 0.579. The molecule has 1 amide bonds. The number of para-hydroxylation sites is 1. The summed E-state index contributed by atoms with van der Waals surface area (Å²) in [6.45, 7) is 6.26. The van der Waals surface area contributed by atoms with Gasteiger partial charge >= 0.3 is 0 Å². The van der Waals surface area contributed by atoms with Crippen LogP contribution in [0.15, 0.2) is 28.6 Å². The van der Waals surface area contributed by atoms with Crippen LogP contribution in [0.3, 0.4) is 0 Å². The van der Waals surface area contributed by atoms with Gasteiger partial charge in [0.15, 0.2) is 4.34 Å². The third-order valence-corrected chi connectivity index (χ3v) is 9.44. The van der Waals surface area contributed by atoms with E-state index in [0.29, 0.717) is 45.7 Å². The molecule has 0 spiro atoms. The molecule has 7 nitrogen and oxygen atoms in total. The number of fused-ring (bicyclic) bond motifs is 1. The van der Waals surface area contributed by atoms with Crippen LogP contribution in [-0.2, 0) is 15.0 Å². The van der Waals surface area contributed by atoms with E-state index in [1.165, 1.54) is 13.3 Å². The quantitative estimate of drug-likeness (QED) is 0.428. The van der Waals surface area contributed by atoms with Gasteiger partial charge in [-0.25, -0.2) is 4.98 Å². The lowest BCUT2D eigenvalue weighted by Gasteiger charge is -2.36. The summed E-state index contributed by atoms with van der Waals surface area (Å²) in [7, 11) is -3.42. The van der Waals surface area contributed by atoms with Gasteiger partial charge in [-0.15, -0.1) is 11.3 Å². The highest BCUT2D eigenvalue weighted by molar-refractivity contribution is 8.01. The highest BCUT2D eigenvalue weighted by Crippen LogP contribution is 2.29. The number of thioether (sulfide) groups is 1. The molecule has 1 saturated heterocycles. The lowest BCUT2D eigenvalue weighted by Crippen LogP contribution is -2.54. The van der Waals surface area contributed by atoms with Gasteiger partial charge < -0.3 is 4.90 Å². The normalized spacial score (nSPS) is 16.0. The summed E-state index contributed by atoms with van der Waals surface area (Å²) in [5, 5.41) is 0. The van der Waals surface area contributed by atoms with Crippen LogP contribution in [-0.4, -0.2) is 77.8 Å². The SMILES string of the molecule is CCN(CC)S(=O)(=O)N1CCN(C(=O)CCCSc2nc3ccccc3s2)CC1. The molecule has 2 heterocycles. The van der Waals surface area contributed by atoms with Gasteiger partial charge in [0.1, 0.15) is 0 Å². The fourth-order valence-corrected chi connectivity index (χ4v) is 7.02. The van der Waals surface area contributed by atoms with Crippen molar-refractivity contribution in [1.29, 1.82) is 0 Å². The molecule has 0 aliphatic carbocycles. The van der Waals surface area contributed by atoms with E-state index in [2.05, 4.69) is 11.1 Å². The van der Waals surface area contributed by atoms with Gasteiger partial charge in [0.05, 0.1) is 10.2 Å². The number of aromatic nitrogens is 1. The molecule has 1 aliphatic heterocycles. The van der Waals surface area contributed by atoms with Crippen LogP contribution in [0.1, 0.15) is 26.7 Å². The zero-order valence-corrected chi connectivity index (χ0v) is 19.4. The minimum absolute atomic E-state index is 0.106. The van der Waals surface area contributed by atoms with E-state index in [4.69, 9.17) is 0 Å². The second-order valence-corrected chi connectivity index (χ2v) is 11.1. The predicted octanol–water partition coefficient (Wildman–Crippen LogP) is 2.90. The van der Waals surface area contributed by atoms with Crippen molar-refractivity contribution in [3.63, 3.8) is 0 Å². The second-order valence-electron chi connectivity index (χ2n) is 6.77. The smallest absolute Gasteiger partial charge is 0.282 e. The zero-order chi connectivity index (χ0) is 20.9. The number of thiazole rings is 1. The van der Waals surface area contributed by atoms with Crippen LogP contribution in [0.4, 0.5) is 0 Å². The molecular weight excluding hydrogens is 428 g/mol. The second kappa shape index (κ2) is 10.2. The molecule has 160 valence electrons. The maximum absolute atomic E-state index is 12.6. The van der Waals surface area contributed by atoms with Gasteiger partial charge in [-0.3, -0.25) is 4.79 Å². The average molecular weight is 457 g/mol. The van der Waals surface area contributed by atoms with E-state index in [-0.39, 0.29) is 5.91 Å². The van der Waals surface area contributed by atoms with E-state index in [1.54, 1.807) is 28.0 Å². The van der Waals surface area contributed by atoms with Gasteiger partial charge in [-0.2, -0.15) is 17.0 Å². The molecule has 1 aromatic carbocycles. The van der Waals surface area contributed by atoms with Crippen molar-refractivity contribution in [2.24, 2.45) is 0 Å². The predicted molar refractivity (Wildman–Crippen MR) is 120 cm³/mol. The van der Waals surface area contributed by atoms with Crippen molar-refractivity contribution in [1.82, 2.24) is 18.5 Å². The molecule has 1 fully saturated rings. The number of piperazine rings is 1. The minimum Gasteiger partial charge on any atom is -0.340 e. The van der Waals surface area contributed by atoms with E-state index >= 15 is 0 Å². The van der Waals surface area contributed by atoms with E-state index in [1.807, 2.05) is 32.0 Å². The number of carbonyl (C=O) groups is 1. The van der Waals surface area contributed by atoms with Gasteiger partial charge in [0, 0.05) is 51.4 Å². The number of hydrogen-bond acceptors (Lipinski definition) is 6. The number of amides is 1. The molecule has 29 heavy (non-hydrogen) atoms. The molecule has 0 saturated carbocycles. The Bertz CT molecular complexity index is 887. The number of hydrogen-bond donors (Lipinski definition) is 0. The summed E-state index contributed by atoms with van der Waals surface area (Å²) in [4.78, 5) is 18.9. The van der Waals surface area contributed by atoms with Crippen molar-refractivity contribution in [3.05, 3.63) is 24.3 Å². The molecule has 2 aromatic rings. The Balaban J connectivity index is 1.40. The highest BCUT2D eigenvalue weighted by atomic mass is 32.2. The van der Waals surface area contributed by atoms with Crippen molar-refractivity contribution in [3.8, 4) is 0 Å². The summed E-state index contributed by atoms with van der Waals surface area (Å²) >= 11 is 3.37. The van der Waals surface area contributed by atoms with Crippen molar-refractivity contribution < 1.29 is 13.2 Å². The first-order valence-electron chi connectivity index (χ1n) is 9.97. The van der Waals surface area contributed by atoms with Gasteiger partial charge in [0.2, 0.25) is 5.91 Å². The van der Waals surface area contributed by atoms with Crippen LogP contribution >= 0.6 is 23.1 Å². The topological polar surface area (TPSA) is 73.8 Å². The van der Waals surface area contributed by atoms with E-state index in [0.717, 1.165) is 22.0 Å². The Morgan fingerprint density at radius 1 is 1.17 bits per heavy atom. The fourth-order valence-electron chi connectivity index (χ4n) is 3.34. The molecule has 3 rings (SSSR count). The maximum Gasteiger partial charge on any atom is 0.282 e. The molecular formula is C19H28N4O3S3. The Kier molecular flexibility index (Phi) is 7.92. The van der Waals surface area contributed by atoms with Crippen LogP contribution in [0.2, 0.25) is 0 Å². The minimum atomic E-state index is -3.42. The molecule has 0 unspecified atom stereocenters. The van der Waals surface area contributed by atoms with Gasteiger partial charge in [0.25, 0.3) is 10.2 Å². The molecule has 1 aromatic heterocycles. The molecule has 1 aliphatic rings. The van der Waals surface area contributed by atoms with Crippen molar-refractivity contribution >= 4 is 49.4 Å². The largest absolute Gasteiger partial charge is 0.340 e. The third-order valence-electron chi connectivity index (χ3n) is 4.98. The number of rotatable bonds is 9. The molecule has 0 radical (unpaired) electrons. The number of nitrogens with zero attached hydrogens (tertiary/aromatic N) is 4.